The number of aromatic nitrogens is 2. The molecule has 4 aromatic carbocycles. The summed E-state index contributed by atoms with van der Waals surface area (Å²) >= 11 is 0. The highest BCUT2D eigenvalue weighted by Crippen LogP contribution is 2.23. The van der Waals surface area contributed by atoms with Crippen LogP contribution in [-0.2, 0) is 24.8 Å². The number of nitrogens with one attached hydrogen (secondary N) is 2. The highest BCUT2D eigenvalue weighted by molar-refractivity contribution is 6.13. The maximum absolute atomic E-state index is 13.4. The van der Waals surface area contributed by atoms with Crippen molar-refractivity contribution in [1.29, 1.82) is 0 Å². The Morgan fingerprint density at radius 2 is 1.67 bits per heavy atom. The lowest BCUT2D eigenvalue weighted by atomic mass is 10.1. The van der Waals surface area contributed by atoms with Gasteiger partial charge in [-0.3, -0.25) is 19.1 Å². The van der Waals surface area contributed by atoms with Crippen LogP contribution in [0.4, 0.5) is 11.4 Å². The number of methoxy groups -OCH3 is 1. The van der Waals surface area contributed by atoms with E-state index in [2.05, 4.69) is 45.9 Å². The fourth-order valence-corrected chi connectivity index (χ4v) is 5.47. The summed E-state index contributed by atoms with van der Waals surface area (Å²) in [5.74, 6) is -2.17. The Balaban J connectivity index is 1.12. The summed E-state index contributed by atoms with van der Waals surface area (Å²) in [7, 11) is 5.25. The predicted molar refractivity (Wildman–Crippen MR) is 183 cm³/mol. The summed E-state index contributed by atoms with van der Waals surface area (Å²) < 4.78 is 12.3. The standard InChI is InChI=1S/C37H33N5O6/c1-41(22-24-10-15-31-26(18-24)21-38-42(31)2)17-16-23-8-12-27(13-9-23)39-35(44)28-14-11-25(37(46)47-3)19-30(28)40-36(45)34-20-32(43)29-6-4-5-7-33(29)48-34/h4-15,18-21H,16-17,22H2,1-3H3,(H,39,44)(H,40,45). The number of likely N-dealkylation sites (N-methyl/N-ethyl adjacent to an activating group) is 1. The molecule has 0 atom stereocenters. The Labute approximate surface area is 275 Å². The van der Waals surface area contributed by atoms with Gasteiger partial charge in [0.25, 0.3) is 11.8 Å². The zero-order valence-electron chi connectivity index (χ0n) is 26.7. The minimum Gasteiger partial charge on any atom is -0.465 e. The van der Waals surface area contributed by atoms with Gasteiger partial charge in [0.2, 0.25) is 0 Å². The molecule has 0 aliphatic rings. The first-order valence-corrected chi connectivity index (χ1v) is 15.2. The van der Waals surface area contributed by atoms with Gasteiger partial charge in [0.15, 0.2) is 11.2 Å². The van der Waals surface area contributed by atoms with Gasteiger partial charge in [0.1, 0.15) is 5.58 Å². The van der Waals surface area contributed by atoms with Crippen molar-refractivity contribution in [2.75, 3.05) is 31.3 Å². The van der Waals surface area contributed by atoms with E-state index in [0.29, 0.717) is 11.1 Å². The number of anilines is 2. The first kappa shape index (κ1) is 31.9. The Bertz CT molecular complexity index is 2220. The van der Waals surface area contributed by atoms with Gasteiger partial charge in [-0.1, -0.05) is 30.3 Å². The van der Waals surface area contributed by atoms with Crippen LogP contribution in [0.25, 0.3) is 21.9 Å². The molecule has 6 aromatic rings. The average molecular weight is 644 g/mol. The molecule has 0 bridgehead atoms. The Morgan fingerprint density at radius 1 is 0.896 bits per heavy atom. The third kappa shape index (κ3) is 7.01. The maximum Gasteiger partial charge on any atom is 0.337 e. The third-order valence-electron chi connectivity index (χ3n) is 8.05. The van der Waals surface area contributed by atoms with Gasteiger partial charge < -0.3 is 24.7 Å². The number of para-hydroxylation sites is 1. The smallest absolute Gasteiger partial charge is 0.337 e. The fraction of sp³-hybridized carbons (Fsp3) is 0.162. The molecule has 0 saturated carbocycles. The minimum atomic E-state index is -0.763. The molecule has 48 heavy (non-hydrogen) atoms. The molecule has 2 N–H and O–H groups in total. The summed E-state index contributed by atoms with van der Waals surface area (Å²) in [6.45, 7) is 1.64. The molecule has 0 fully saturated rings. The molecule has 0 spiro atoms. The van der Waals surface area contributed by atoms with Crippen molar-refractivity contribution in [1.82, 2.24) is 14.7 Å². The van der Waals surface area contributed by atoms with Crippen molar-refractivity contribution in [2.45, 2.75) is 13.0 Å². The Hall–Kier alpha value is -6.07. The van der Waals surface area contributed by atoms with Gasteiger partial charge in [-0.05, 0) is 79.2 Å². The van der Waals surface area contributed by atoms with E-state index in [0.717, 1.165) is 42.0 Å². The summed E-state index contributed by atoms with van der Waals surface area (Å²) in [4.78, 5) is 53.7. The first-order valence-electron chi connectivity index (χ1n) is 15.2. The van der Waals surface area contributed by atoms with Gasteiger partial charge in [-0.2, -0.15) is 5.10 Å². The fourth-order valence-electron chi connectivity index (χ4n) is 5.47. The van der Waals surface area contributed by atoms with Gasteiger partial charge in [0, 0.05) is 37.3 Å². The second-order valence-electron chi connectivity index (χ2n) is 11.5. The van der Waals surface area contributed by atoms with Crippen LogP contribution in [0.15, 0.2) is 106 Å². The van der Waals surface area contributed by atoms with Crippen molar-refractivity contribution < 1.29 is 23.5 Å². The highest BCUT2D eigenvalue weighted by atomic mass is 16.5. The molecule has 6 rings (SSSR count). The van der Waals surface area contributed by atoms with Gasteiger partial charge in [0.05, 0.1) is 41.0 Å². The number of hydrogen-bond acceptors (Lipinski definition) is 8. The number of carbonyl (C=O) groups excluding carboxylic acids is 3. The van der Waals surface area contributed by atoms with E-state index >= 15 is 0 Å². The van der Waals surface area contributed by atoms with E-state index in [1.807, 2.05) is 42.2 Å². The molecule has 2 amide bonds. The zero-order valence-corrected chi connectivity index (χ0v) is 26.7. The van der Waals surface area contributed by atoms with Crippen LogP contribution < -0.4 is 16.1 Å². The van der Waals surface area contributed by atoms with Crippen LogP contribution in [-0.4, -0.2) is 53.2 Å². The second kappa shape index (κ2) is 13.7. The van der Waals surface area contributed by atoms with Crippen molar-refractivity contribution in [2.24, 2.45) is 7.05 Å². The molecule has 2 aromatic heterocycles. The van der Waals surface area contributed by atoms with Crippen molar-refractivity contribution >= 4 is 51.0 Å². The molecule has 0 aliphatic heterocycles. The van der Waals surface area contributed by atoms with Crippen LogP contribution >= 0.6 is 0 Å². The zero-order chi connectivity index (χ0) is 33.8. The van der Waals surface area contributed by atoms with Crippen LogP contribution in [0.5, 0.6) is 0 Å². The van der Waals surface area contributed by atoms with Crippen molar-refractivity contribution in [3.8, 4) is 0 Å². The molecular formula is C37H33N5O6. The largest absolute Gasteiger partial charge is 0.465 e. The van der Waals surface area contributed by atoms with Crippen LogP contribution in [0.2, 0.25) is 0 Å². The van der Waals surface area contributed by atoms with Crippen molar-refractivity contribution in [3.05, 3.63) is 135 Å². The lowest BCUT2D eigenvalue weighted by molar-refractivity contribution is 0.0600. The van der Waals surface area contributed by atoms with E-state index in [-0.39, 0.29) is 33.6 Å². The Morgan fingerprint density at radius 3 is 2.46 bits per heavy atom. The van der Waals surface area contributed by atoms with E-state index in [9.17, 15) is 19.2 Å². The number of rotatable bonds is 10. The first-order chi connectivity index (χ1) is 23.2. The number of esters is 1. The lowest BCUT2D eigenvalue weighted by Crippen LogP contribution is -2.21. The number of ether oxygens (including phenoxy) is 1. The molecule has 242 valence electrons. The quantitative estimate of drug-likeness (QED) is 0.183. The Kier molecular flexibility index (Phi) is 9.13. The van der Waals surface area contributed by atoms with Gasteiger partial charge in [-0.25, -0.2) is 4.79 Å². The normalized spacial score (nSPS) is 11.2. The molecule has 2 heterocycles. The van der Waals surface area contributed by atoms with Crippen LogP contribution in [0.1, 0.15) is 42.4 Å². The number of nitrogens with zero attached hydrogens (tertiary/aromatic N) is 3. The van der Waals surface area contributed by atoms with E-state index < -0.39 is 17.8 Å². The molecule has 11 heteroatoms. The number of aryl methyl sites for hydroxylation is 1. The molecule has 11 nitrogen and oxygen atoms in total. The third-order valence-corrected chi connectivity index (χ3v) is 8.05. The maximum atomic E-state index is 13.4. The summed E-state index contributed by atoms with van der Waals surface area (Å²) in [6.07, 6.45) is 2.69. The number of benzene rings is 4. The number of hydrogen-bond donors (Lipinski definition) is 2. The second-order valence-corrected chi connectivity index (χ2v) is 11.5. The van der Waals surface area contributed by atoms with E-state index in [1.54, 1.807) is 24.3 Å². The van der Waals surface area contributed by atoms with Crippen LogP contribution in [0, 0.1) is 0 Å². The molecule has 0 saturated heterocycles. The van der Waals surface area contributed by atoms with E-state index in [4.69, 9.17) is 9.15 Å². The average Bonchev–Trinajstić information content (AvgIpc) is 3.46. The van der Waals surface area contributed by atoms with Crippen LogP contribution in [0.3, 0.4) is 0 Å². The molecule has 0 aliphatic carbocycles. The lowest BCUT2D eigenvalue weighted by Gasteiger charge is -2.17. The van der Waals surface area contributed by atoms with Gasteiger partial charge >= 0.3 is 5.97 Å². The molecule has 0 unspecified atom stereocenters. The SMILES string of the molecule is COC(=O)c1ccc(C(=O)Nc2ccc(CCN(C)Cc3ccc4c(cnn4C)c3)cc2)c(NC(=O)c2cc(=O)c3ccccc3o2)c1. The monoisotopic (exact) mass is 643 g/mol. The predicted octanol–water partition coefficient (Wildman–Crippen LogP) is 5.65. The van der Waals surface area contributed by atoms with E-state index in [1.165, 1.54) is 30.9 Å². The highest BCUT2D eigenvalue weighted by Gasteiger charge is 2.20. The summed E-state index contributed by atoms with van der Waals surface area (Å²) in [6, 6.07) is 25.8. The number of carbonyl (C=O) groups is 3. The summed E-state index contributed by atoms with van der Waals surface area (Å²) in [5, 5.41) is 11.2. The number of amides is 2. The molecule has 0 radical (unpaired) electrons. The topological polar surface area (TPSA) is 136 Å². The number of fused-ring (bicyclic) bond motifs is 2. The molecular weight excluding hydrogens is 610 g/mol. The summed E-state index contributed by atoms with van der Waals surface area (Å²) in [5.41, 5.74) is 4.09. The van der Waals surface area contributed by atoms with Crippen molar-refractivity contribution in [3.63, 3.8) is 0 Å². The van der Waals surface area contributed by atoms with Gasteiger partial charge in [-0.15, -0.1) is 0 Å². The minimum absolute atomic E-state index is 0.0403.